The van der Waals surface area contributed by atoms with Gasteiger partial charge in [-0.1, -0.05) is 25.0 Å². The van der Waals surface area contributed by atoms with Crippen LogP contribution in [0, 0.1) is 29.1 Å². The molecular weight excluding hydrogens is 270 g/mol. The van der Waals surface area contributed by atoms with Gasteiger partial charge in [0.2, 0.25) is 5.91 Å². The lowest BCUT2D eigenvalue weighted by molar-refractivity contribution is -0.148. The number of hydrogen-bond acceptors (Lipinski definition) is 3. The lowest BCUT2D eigenvalue weighted by Gasteiger charge is -2.29. The second-order valence-corrected chi connectivity index (χ2v) is 6.92. The quantitative estimate of drug-likeness (QED) is 0.664. The van der Waals surface area contributed by atoms with Crippen molar-refractivity contribution < 1.29 is 19.8 Å². The van der Waals surface area contributed by atoms with Crippen molar-refractivity contribution in [2.75, 3.05) is 13.2 Å². The summed E-state index contributed by atoms with van der Waals surface area (Å²) in [5.41, 5.74) is -0.193. The van der Waals surface area contributed by atoms with Gasteiger partial charge in [-0.05, 0) is 31.1 Å². The van der Waals surface area contributed by atoms with E-state index < -0.39 is 17.8 Å². The predicted molar refractivity (Wildman–Crippen MR) is 76.3 cm³/mol. The van der Waals surface area contributed by atoms with Crippen LogP contribution in [-0.2, 0) is 9.59 Å². The Morgan fingerprint density at radius 3 is 2.33 bits per heavy atom. The zero-order valence-corrected chi connectivity index (χ0v) is 12.1. The van der Waals surface area contributed by atoms with Gasteiger partial charge in [-0.3, -0.25) is 9.59 Å². The fraction of sp³-hybridized carbons (Fsp3) is 0.750. The van der Waals surface area contributed by atoms with Gasteiger partial charge in [0, 0.05) is 12.0 Å². The van der Waals surface area contributed by atoms with Crippen LogP contribution in [0.3, 0.4) is 0 Å². The molecule has 3 rings (SSSR count). The number of aliphatic hydroxyl groups is 1. The number of carbonyl (C=O) groups excluding carboxylic acids is 1. The number of nitrogens with one attached hydrogen (secondary N) is 1. The summed E-state index contributed by atoms with van der Waals surface area (Å²) < 4.78 is 0. The van der Waals surface area contributed by atoms with Gasteiger partial charge >= 0.3 is 5.97 Å². The van der Waals surface area contributed by atoms with E-state index in [4.69, 9.17) is 0 Å². The van der Waals surface area contributed by atoms with E-state index in [1.807, 2.05) is 12.2 Å². The van der Waals surface area contributed by atoms with Gasteiger partial charge in [0.05, 0.1) is 18.4 Å². The monoisotopic (exact) mass is 293 g/mol. The van der Waals surface area contributed by atoms with Crippen LogP contribution in [0.5, 0.6) is 0 Å². The Kier molecular flexibility index (Phi) is 3.78. The Labute approximate surface area is 124 Å². The number of aliphatic hydroxyl groups excluding tert-OH is 1. The van der Waals surface area contributed by atoms with Gasteiger partial charge in [-0.15, -0.1) is 0 Å². The summed E-state index contributed by atoms with van der Waals surface area (Å²) in [4.78, 5) is 23.9. The highest BCUT2D eigenvalue weighted by molar-refractivity contribution is 5.86. The summed E-state index contributed by atoms with van der Waals surface area (Å²) in [5.74, 6) is -2.00. The van der Waals surface area contributed by atoms with Gasteiger partial charge in [-0.2, -0.15) is 0 Å². The Morgan fingerprint density at radius 1 is 1.14 bits per heavy atom. The molecule has 0 saturated heterocycles. The molecule has 0 radical (unpaired) electrons. The molecule has 0 aromatic carbocycles. The zero-order chi connectivity index (χ0) is 15.0. The highest BCUT2D eigenvalue weighted by Crippen LogP contribution is 2.48. The molecule has 3 aliphatic carbocycles. The second kappa shape index (κ2) is 5.44. The molecule has 21 heavy (non-hydrogen) atoms. The number of carboxylic acids is 1. The zero-order valence-electron chi connectivity index (χ0n) is 12.1. The maximum Gasteiger partial charge on any atom is 0.307 e. The van der Waals surface area contributed by atoms with Crippen LogP contribution in [0.15, 0.2) is 12.2 Å². The first-order chi connectivity index (χ1) is 10.1. The summed E-state index contributed by atoms with van der Waals surface area (Å²) >= 11 is 0. The van der Waals surface area contributed by atoms with E-state index in [1.54, 1.807) is 0 Å². The summed E-state index contributed by atoms with van der Waals surface area (Å²) in [5, 5.41) is 21.9. The Bertz CT molecular complexity index is 467. The van der Waals surface area contributed by atoms with Crippen molar-refractivity contribution in [3.63, 3.8) is 0 Å². The molecule has 2 bridgehead atoms. The molecule has 4 atom stereocenters. The van der Waals surface area contributed by atoms with Crippen molar-refractivity contribution >= 4 is 11.9 Å². The van der Waals surface area contributed by atoms with E-state index in [-0.39, 0.29) is 29.8 Å². The SMILES string of the molecule is O=C(O)C1C2C=CC(C2)C1C(=O)NCC1(CO)CCCC1. The summed E-state index contributed by atoms with van der Waals surface area (Å²) in [6.07, 6.45) is 8.76. The fourth-order valence-corrected chi connectivity index (χ4v) is 4.42. The number of amides is 1. The second-order valence-electron chi connectivity index (χ2n) is 6.92. The molecule has 5 heteroatoms. The topological polar surface area (TPSA) is 86.6 Å². The van der Waals surface area contributed by atoms with Crippen LogP contribution in [0.25, 0.3) is 0 Å². The third-order valence-electron chi connectivity index (χ3n) is 5.68. The molecular formula is C16H23NO4. The van der Waals surface area contributed by atoms with Gasteiger partial charge in [0.1, 0.15) is 0 Å². The van der Waals surface area contributed by atoms with Crippen LogP contribution < -0.4 is 5.32 Å². The van der Waals surface area contributed by atoms with E-state index in [0.29, 0.717) is 6.54 Å². The number of allylic oxidation sites excluding steroid dienone is 2. The maximum absolute atomic E-state index is 12.5. The summed E-state index contributed by atoms with van der Waals surface area (Å²) in [7, 11) is 0. The number of hydrogen-bond donors (Lipinski definition) is 3. The van der Waals surface area contributed by atoms with Gasteiger partial charge in [0.25, 0.3) is 0 Å². The largest absolute Gasteiger partial charge is 0.481 e. The molecule has 0 spiro atoms. The van der Waals surface area contributed by atoms with Crippen LogP contribution in [-0.4, -0.2) is 35.2 Å². The van der Waals surface area contributed by atoms with E-state index in [2.05, 4.69) is 5.32 Å². The Balaban J connectivity index is 1.65. The number of rotatable bonds is 5. The highest BCUT2D eigenvalue weighted by Gasteiger charge is 2.51. The number of carboxylic acid groups (broad SMARTS) is 1. The van der Waals surface area contributed by atoms with Gasteiger partial charge in [0.15, 0.2) is 0 Å². The Hall–Kier alpha value is -1.36. The van der Waals surface area contributed by atoms with E-state index in [0.717, 1.165) is 32.1 Å². The molecule has 3 aliphatic rings. The molecule has 0 aliphatic heterocycles. The van der Waals surface area contributed by atoms with Crippen molar-refractivity contribution in [3.8, 4) is 0 Å². The number of aliphatic carboxylic acids is 1. The minimum Gasteiger partial charge on any atom is -0.481 e. The highest BCUT2D eigenvalue weighted by atomic mass is 16.4. The van der Waals surface area contributed by atoms with E-state index in [9.17, 15) is 19.8 Å². The number of carbonyl (C=O) groups is 2. The van der Waals surface area contributed by atoms with Crippen molar-refractivity contribution in [2.24, 2.45) is 29.1 Å². The fourth-order valence-electron chi connectivity index (χ4n) is 4.42. The lowest BCUT2D eigenvalue weighted by atomic mass is 9.81. The first-order valence-corrected chi connectivity index (χ1v) is 7.86. The normalized spacial score (nSPS) is 36.0. The molecule has 4 unspecified atom stereocenters. The first kappa shape index (κ1) is 14.6. The third kappa shape index (κ3) is 2.48. The molecule has 116 valence electrons. The minimum atomic E-state index is -0.871. The van der Waals surface area contributed by atoms with Crippen LogP contribution in [0.4, 0.5) is 0 Å². The molecule has 0 aromatic heterocycles. The summed E-state index contributed by atoms with van der Waals surface area (Å²) in [6.45, 7) is 0.554. The lowest BCUT2D eigenvalue weighted by Crippen LogP contribution is -2.45. The van der Waals surface area contributed by atoms with Gasteiger partial charge in [-0.25, -0.2) is 0 Å². The molecule has 2 saturated carbocycles. The third-order valence-corrected chi connectivity index (χ3v) is 5.68. The molecule has 3 N–H and O–H groups in total. The van der Waals surface area contributed by atoms with Gasteiger partial charge < -0.3 is 15.5 Å². The van der Waals surface area contributed by atoms with Crippen molar-refractivity contribution in [3.05, 3.63) is 12.2 Å². The van der Waals surface area contributed by atoms with Crippen LogP contribution in [0.1, 0.15) is 32.1 Å². The minimum absolute atomic E-state index is 0.00142. The van der Waals surface area contributed by atoms with Crippen molar-refractivity contribution in [1.29, 1.82) is 0 Å². The van der Waals surface area contributed by atoms with E-state index >= 15 is 0 Å². The van der Waals surface area contributed by atoms with E-state index in [1.165, 1.54) is 0 Å². The number of fused-ring (bicyclic) bond motifs is 2. The van der Waals surface area contributed by atoms with Crippen LogP contribution in [0.2, 0.25) is 0 Å². The average molecular weight is 293 g/mol. The average Bonchev–Trinajstić information content (AvgIpc) is 3.19. The van der Waals surface area contributed by atoms with Crippen molar-refractivity contribution in [2.45, 2.75) is 32.1 Å². The standard InChI is InChI=1S/C16H23NO4/c18-9-16(5-1-2-6-16)8-17-14(19)12-10-3-4-11(7-10)13(12)15(20)21/h3-4,10-13,18H,1-2,5-9H2,(H,17,19)(H,20,21). The molecule has 0 aromatic rings. The van der Waals surface area contributed by atoms with Crippen LogP contribution >= 0.6 is 0 Å². The predicted octanol–water partition coefficient (Wildman–Crippen LogP) is 1.18. The molecule has 1 amide bonds. The summed E-state index contributed by atoms with van der Waals surface area (Å²) in [6, 6.07) is 0. The maximum atomic E-state index is 12.5. The van der Waals surface area contributed by atoms with Crippen molar-refractivity contribution in [1.82, 2.24) is 5.32 Å². The smallest absolute Gasteiger partial charge is 0.307 e. The first-order valence-electron chi connectivity index (χ1n) is 7.86. The molecule has 5 nitrogen and oxygen atoms in total. The Morgan fingerprint density at radius 2 is 1.76 bits per heavy atom. The molecule has 2 fully saturated rings. The molecule has 0 heterocycles.